The number of aryl methyl sites for hydroxylation is 1. The van der Waals surface area contributed by atoms with Crippen LogP contribution in [0.5, 0.6) is 11.6 Å². The van der Waals surface area contributed by atoms with Crippen LogP contribution in [0, 0.1) is 12.7 Å². The molecule has 1 aromatic carbocycles. The first-order chi connectivity index (χ1) is 17.9. The molecule has 5 rings (SSSR count). The Kier molecular flexibility index (Phi) is 6.55. The lowest BCUT2D eigenvalue weighted by Gasteiger charge is -2.34. The number of esters is 1. The Morgan fingerprint density at radius 3 is 2.78 bits per heavy atom. The molecule has 0 bridgehead atoms. The molecule has 12 heteroatoms. The predicted octanol–water partition coefficient (Wildman–Crippen LogP) is 4.27. The number of ether oxygens (including phenoxy) is 3. The summed E-state index contributed by atoms with van der Waals surface area (Å²) >= 11 is 5.83. The number of halogens is 2. The molecule has 37 heavy (non-hydrogen) atoms. The predicted molar refractivity (Wildman–Crippen MR) is 131 cm³/mol. The molecule has 0 N–H and O–H groups in total. The monoisotopic (exact) mass is 526 g/mol. The molecular formula is C25H24ClFN6O4. The first-order valence-corrected chi connectivity index (χ1v) is 12.1. The number of rotatable bonds is 7. The number of methoxy groups -OCH3 is 1. The van der Waals surface area contributed by atoms with E-state index in [9.17, 15) is 9.18 Å². The first kappa shape index (κ1) is 24.7. The molecule has 3 aromatic heterocycles. The average molecular weight is 527 g/mol. The second kappa shape index (κ2) is 9.81. The van der Waals surface area contributed by atoms with Crippen LogP contribution >= 0.6 is 11.6 Å². The highest BCUT2D eigenvalue weighted by molar-refractivity contribution is 6.30. The van der Waals surface area contributed by atoms with Crippen molar-refractivity contribution in [1.82, 2.24) is 29.3 Å². The molecule has 10 nitrogen and oxygen atoms in total. The molecule has 1 unspecified atom stereocenters. The van der Waals surface area contributed by atoms with Gasteiger partial charge in [-0.25, -0.2) is 19.2 Å². The van der Waals surface area contributed by atoms with Gasteiger partial charge in [0.15, 0.2) is 11.6 Å². The van der Waals surface area contributed by atoms with E-state index in [4.69, 9.17) is 25.8 Å². The van der Waals surface area contributed by atoms with Gasteiger partial charge in [0, 0.05) is 25.2 Å². The van der Waals surface area contributed by atoms with Crippen LogP contribution in [0.1, 0.15) is 31.3 Å². The molecule has 1 aliphatic heterocycles. The van der Waals surface area contributed by atoms with Gasteiger partial charge in [-0.3, -0.25) is 0 Å². The van der Waals surface area contributed by atoms with Crippen molar-refractivity contribution in [2.75, 3.05) is 13.7 Å². The van der Waals surface area contributed by atoms with E-state index in [1.54, 1.807) is 23.9 Å². The molecule has 1 aliphatic rings. The van der Waals surface area contributed by atoms with Crippen LogP contribution in [-0.2, 0) is 21.7 Å². The van der Waals surface area contributed by atoms with E-state index in [1.807, 2.05) is 23.8 Å². The average Bonchev–Trinajstić information content (AvgIpc) is 3.53. The van der Waals surface area contributed by atoms with Crippen LogP contribution in [0.2, 0.25) is 5.02 Å². The largest absolute Gasteiger partial charge is 0.479 e. The Bertz CT molecular complexity index is 1470. The number of pyridine rings is 1. The second-order valence-corrected chi connectivity index (χ2v) is 8.88. The van der Waals surface area contributed by atoms with E-state index in [0.29, 0.717) is 36.1 Å². The van der Waals surface area contributed by atoms with Gasteiger partial charge in [-0.2, -0.15) is 0 Å². The summed E-state index contributed by atoms with van der Waals surface area (Å²) in [6.07, 6.45) is 4.36. The maximum atomic E-state index is 14.2. The summed E-state index contributed by atoms with van der Waals surface area (Å²) in [7, 11) is 1.53. The highest BCUT2D eigenvalue weighted by atomic mass is 35.5. The SMILES string of the molecule is CCOC(=O)C1(Oc2ccc(Cl)c(F)c2)CCCn2c(-c3ccc(-n4cnc(C)c4)c(OC)n3)nnc21. The zero-order chi connectivity index (χ0) is 26.2. The van der Waals surface area contributed by atoms with Gasteiger partial charge < -0.3 is 23.3 Å². The minimum Gasteiger partial charge on any atom is -0.479 e. The van der Waals surface area contributed by atoms with E-state index in [1.165, 1.54) is 19.2 Å². The molecular weight excluding hydrogens is 503 g/mol. The summed E-state index contributed by atoms with van der Waals surface area (Å²) < 4.78 is 34.8. The van der Waals surface area contributed by atoms with Gasteiger partial charge in [-0.15, -0.1) is 10.2 Å². The van der Waals surface area contributed by atoms with Gasteiger partial charge in [-0.05, 0) is 44.5 Å². The third kappa shape index (κ3) is 4.39. The summed E-state index contributed by atoms with van der Waals surface area (Å²) in [5.74, 6) is -0.138. The number of hydrogen-bond acceptors (Lipinski definition) is 8. The minimum absolute atomic E-state index is 0.0547. The smallest absolute Gasteiger partial charge is 0.358 e. The van der Waals surface area contributed by atoms with Crippen molar-refractivity contribution in [3.8, 4) is 28.8 Å². The van der Waals surface area contributed by atoms with Crippen molar-refractivity contribution < 1.29 is 23.4 Å². The number of carbonyl (C=O) groups is 1. The van der Waals surface area contributed by atoms with E-state index in [-0.39, 0.29) is 29.6 Å². The fourth-order valence-electron chi connectivity index (χ4n) is 4.38. The number of aromatic nitrogens is 6. The number of fused-ring (bicyclic) bond motifs is 1. The minimum atomic E-state index is -1.63. The molecule has 4 heterocycles. The van der Waals surface area contributed by atoms with Gasteiger partial charge >= 0.3 is 5.97 Å². The van der Waals surface area contributed by atoms with Crippen molar-refractivity contribution in [2.45, 2.75) is 38.8 Å². The third-order valence-electron chi connectivity index (χ3n) is 6.06. The van der Waals surface area contributed by atoms with E-state index >= 15 is 0 Å². The lowest BCUT2D eigenvalue weighted by molar-refractivity contribution is -0.166. The van der Waals surface area contributed by atoms with Gasteiger partial charge in [0.25, 0.3) is 5.60 Å². The molecule has 0 saturated carbocycles. The molecule has 0 radical (unpaired) electrons. The van der Waals surface area contributed by atoms with E-state index < -0.39 is 17.4 Å². The Morgan fingerprint density at radius 1 is 1.24 bits per heavy atom. The Labute approximate surface area is 217 Å². The quantitative estimate of drug-likeness (QED) is 0.329. The standard InChI is InChI=1S/C25H24ClFN6O4/c1-4-36-24(34)25(37-16-6-7-17(26)18(27)12-16)10-5-11-33-21(30-31-23(25)33)19-8-9-20(22(29-19)35-3)32-13-15(2)28-14-32/h6-9,12-14H,4-5,10-11H2,1-3H3. The normalized spacial score (nSPS) is 16.8. The maximum absolute atomic E-state index is 14.2. The summed E-state index contributed by atoms with van der Waals surface area (Å²) in [5.41, 5.74) is 0.430. The zero-order valence-electron chi connectivity index (χ0n) is 20.4. The second-order valence-electron chi connectivity index (χ2n) is 8.48. The van der Waals surface area contributed by atoms with E-state index in [2.05, 4.69) is 20.2 Å². The molecule has 1 atom stereocenters. The van der Waals surface area contributed by atoms with Gasteiger partial charge in [0.05, 0.1) is 30.8 Å². The Hall–Kier alpha value is -3.99. The highest BCUT2D eigenvalue weighted by Gasteiger charge is 2.51. The summed E-state index contributed by atoms with van der Waals surface area (Å²) in [4.78, 5) is 22.2. The highest BCUT2D eigenvalue weighted by Crippen LogP contribution is 2.39. The first-order valence-electron chi connectivity index (χ1n) is 11.7. The van der Waals surface area contributed by atoms with Gasteiger partial charge in [0.2, 0.25) is 5.88 Å². The lowest BCUT2D eigenvalue weighted by Crippen LogP contribution is -2.47. The lowest BCUT2D eigenvalue weighted by atomic mass is 9.92. The van der Waals surface area contributed by atoms with Crippen LogP contribution < -0.4 is 9.47 Å². The van der Waals surface area contributed by atoms with Crippen molar-refractivity contribution in [3.63, 3.8) is 0 Å². The summed E-state index contributed by atoms with van der Waals surface area (Å²) in [6.45, 7) is 4.24. The number of imidazole rings is 1. The summed E-state index contributed by atoms with van der Waals surface area (Å²) in [5, 5.41) is 8.64. The zero-order valence-corrected chi connectivity index (χ0v) is 21.2. The number of benzene rings is 1. The molecule has 0 spiro atoms. The molecule has 192 valence electrons. The van der Waals surface area contributed by atoms with Crippen molar-refractivity contribution in [3.05, 3.63) is 65.2 Å². The van der Waals surface area contributed by atoms with Crippen LogP contribution in [0.3, 0.4) is 0 Å². The van der Waals surface area contributed by atoms with Crippen LogP contribution in [0.15, 0.2) is 42.9 Å². The fraction of sp³-hybridized carbons (Fsp3) is 0.320. The fourth-order valence-corrected chi connectivity index (χ4v) is 4.50. The third-order valence-corrected chi connectivity index (χ3v) is 6.37. The van der Waals surface area contributed by atoms with Crippen LogP contribution in [0.25, 0.3) is 17.2 Å². The number of carbonyl (C=O) groups excluding carboxylic acids is 1. The van der Waals surface area contributed by atoms with E-state index in [0.717, 1.165) is 11.8 Å². The molecule has 0 fully saturated rings. The van der Waals surface area contributed by atoms with Gasteiger partial charge in [0.1, 0.15) is 22.9 Å². The Morgan fingerprint density at radius 2 is 2.08 bits per heavy atom. The van der Waals surface area contributed by atoms with Crippen molar-refractivity contribution in [2.24, 2.45) is 0 Å². The summed E-state index contributed by atoms with van der Waals surface area (Å²) in [6, 6.07) is 7.62. The van der Waals surface area contributed by atoms with Gasteiger partial charge in [-0.1, -0.05) is 11.6 Å². The van der Waals surface area contributed by atoms with Crippen molar-refractivity contribution >= 4 is 17.6 Å². The number of hydrogen-bond donors (Lipinski definition) is 0. The van der Waals surface area contributed by atoms with Crippen LogP contribution in [0.4, 0.5) is 4.39 Å². The molecule has 4 aromatic rings. The van der Waals surface area contributed by atoms with Crippen molar-refractivity contribution in [1.29, 1.82) is 0 Å². The molecule has 0 aliphatic carbocycles. The van der Waals surface area contributed by atoms with Crippen LogP contribution in [-0.4, -0.2) is 49.0 Å². The molecule has 0 saturated heterocycles. The maximum Gasteiger partial charge on any atom is 0.358 e. The molecule has 0 amide bonds. The number of nitrogens with zero attached hydrogens (tertiary/aromatic N) is 6. The topological polar surface area (TPSA) is 106 Å². The Balaban J connectivity index is 1.58.